The molecule has 0 aromatic heterocycles. The monoisotopic (exact) mass is 1060 g/mol. The van der Waals surface area contributed by atoms with E-state index in [9.17, 15) is 35.1 Å². The Morgan fingerprint density at radius 1 is 0.507 bits per heavy atom. The van der Waals surface area contributed by atoms with Gasteiger partial charge in [0.2, 0.25) is 5.91 Å². The fourth-order valence-electron chi connectivity index (χ4n) is 9.12. The van der Waals surface area contributed by atoms with Crippen LogP contribution in [0.5, 0.6) is 0 Å². The van der Waals surface area contributed by atoms with Crippen molar-refractivity contribution in [2.75, 3.05) is 19.8 Å². The van der Waals surface area contributed by atoms with Gasteiger partial charge in [-0.3, -0.25) is 9.59 Å². The van der Waals surface area contributed by atoms with Crippen molar-refractivity contribution in [2.45, 2.75) is 301 Å². The molecular weight excluding hydrogens is 943 g/mol. The molecule has 7 unspecified atom stereocenters. The minimum atomic E-state index is -1.58. The van der Waals surface area contributed by atoms with Gasteiger partial charge in [-0.25, -0.2) is 0 Å². The highest BCUT2D eigenvalue weighted by Gasteiger charge is 2.44. The number of unbranched alkanes of at least 4 members (excludes halogenated alkanes) is 29. The highest BCUT2D eigenvalue weighted by atomic mass is 16.7. The Labute approximate surface area is 458 Å². The lowest BCUT2D eigenvalue weighted by molar-refractivity contribution is -0.302. The van der Waals surface area contributed by atoms with E-state index in [2.05, 4.69) is 79.9 Å². The summed E-state index contributed by atoms with van der Waals surface area (Å²) in [5, 5.41) is 54.1. The molecular formula is C64H113NO10. The van der Waals surface area contributed by atoms with Gasteiger partial charge in [0.05, 0.1) is 32.0 Å². The van der Waals surface area contributed by atoms with Crippen LogP contribution in [0, 0.1) is 0 Å². The number of amides is 1. The van der Waals surface area contributed by atoms with E-state index in [4.69, 9.17) is 14.2 Å². The second-order valence-corrected chi connectivity index (χ2v) is 21.1. The zero-order valence-electron chi connectivity index (χ0n) is 47.7. The van der Waals surface area contributed by atoms with Gasteiger partial charge in [-0.05, 0) is 109 Å². The zero-order valence-corrected chi connectivity index (χ0v) is 47.7. The van der Waals surface area contributed by atoms with E-state index in [0.717, 1.165) is 96.3 Å². The minimum absolute atomic E-state index is 0.0337. The van der Waals surface area contributed by atoms with Crippen molar-refractivity contribution in [3.05, 3.63) is 72.9 Å². The maximum atomic E-state index is 13.0. The summed E-state index contributed by atoms with van der Waals surface area (Å²) in [5.41, 5.74) is 0. The number of carbonyl (C=O) groups is 2. The second kappa shape index (κ2) is 53.1. The fraction of sp³-hybridized carbons (Fsp3) is 0.781. The quantitative estimate of drug-likeness (QED) is 0.0149. The SMILES string of the molecule is CCCCC/C=C\C/C=C\CCCCCCCCCCCC(=O)OCCCCC/C=C\C=C/CCCCCCCCCCCCC(=O)NC(COC1OC(CO)C(O)C(O)C1O)C(O)/C=C/CC/C=C/CCCCC. The zero-order chi connectivity index (χ0) is 54.5. The molecule has 7 atom stereocenters. The Morgan fingerprint density at radius 2 is 0.947 bits per heavy atom. The summed E-state index contributed by atoms with van der Waals surface area (Å²) in [6, 6.07) is -0.836. The van der Waals surface area contributed by atoms with Gasteiger partial charge in [0.15, 0.2) is 6.29 Å². The molecule has 0 aliphatic carbocycles. The Kier molecular flexibility index (Phi) is 49.7. The van der Waals surface area contributed by atoms with E-state index in [1.807, 2.05) is 6.08 Å². The van der Waals surface area contributed by atoms with Gasteiger partial charge in [0.1, 0.15) is 24.4 Å². The van der Waals surface area contributed by atoms with E-state index in [1.165, 1.54) is 135 Å². The van der Waals surface area contributed by atoms with Crippen LogP contribution in [0.15, 0.2) is 72.9 Å². The maximum absolute atomic E-state index is 13.0. The van der Waals surface area contributed by atoms with E-state index in [0.29, 0.717) is 19.4 Å². The lowest BCUT2D eigenvalue weighted by atomic mass is 9.99. The number of esters is 1. The van der Waals surface area contributed by atoms with Crippen molar-refractivity contribution in [1.82, 2.24) is 5.32 Å². The maximum Gasteiger partial charge on any atom is 0.305 e. The molecule has 11 nitrogen and oxygen atoms in total. The summed E-state index contributed by atoms with van der Waals surface area (Å²) in [4.78, 5) is 25.1. The van der Waals surface area contributed by atoms with Crippen LogP contribution in [-0.4, -0.2) is 100 Å². The molecule has 0 aromatic carbocycles. The largest absolute Gasteiger partial charge is 0.466 e. The molecule has 1 amide bonds. The Hall–Kier alpha value is -2.90. The van der Waals surface area contributed by atoms with Gasteiger partial charge in [-0.1, -0.05) is 209 Å². The van der Waals surface area contributed by atoms with Gasteiger partial charge in [-0.2, -0.15) is 0 Å². The first-order valence-corrected chi connectivity index (χ1v) is 30.7. The van der Waals surface area contributed by atoms with Crippen molar-refractivity contribution >= 4 is 11.9 Å². The van der Waals surface area contributed by atoms with Gasteiger partial charge in [0.25, 0.3) is 0 Å². The first-order chi connectivity index (χ1) is 36.7. The van der Waals surface area contributed by atoms with Crippen molar-refractivity contribution in [3.63, 3.8) is 0 Å². The number of aliphatic hydroxyl groups is 5. The van der Waals surface area contributed by atoms with Gasteiger partial charge >= 0.3 is 5.97 Å². The molecule has 0 spiro atoms. The van der Waals surface area contributed by atoms with Crippen molar-refractivity contribution in [2.24, 2.45) is 0 Å². The molecule has 1 aliphatic rings. The van der Waals surface area contributed by atoms with E-state index < -0.39 is 49.5 Å². The van der Waals surface area contributed by atoms with Crippen molar-refractivity contribution in [3.8, 4) is 0 Å². The van der Waals surface area contributed by atoms with Crippen molar-refractivity contribution < 1.29 is 49.3 Å². The first kappa shape index (κ1) is 70.1. The molecule has 1 heterocycles. The Balaban J connectivity index is 2.03. The van der Waals surface area contributed by atoms with E-state index in [-0.39, 0.29) is 18.5 Å². The number of rotatable bonds is 52. The molecule has 434 valence electrons. The minimum Gasteiger partial charge on any atom is -0.466 e. The molecule has 1 rings (SSSR count). The number of allylic oxidation sites excluding steroid dienone is 11. The highest BCUT2D eigenvalue weighted by molar-refractivity contribution is 5.76. The van der Waals surface area contributed by atoms with Crippen LogP contribution >= 0.6 is 0 Å². The normalized spacial score (nSPS) is 19.3. The lowest BCUT2D eigenvalue weighted by Crippen LogP contribution is -2.60. The number of carbonyl (C=O) groups excluding carboxylic acids is 2. The number of hydrogen-bond acceptors (Lipinski definition) is 10. The predicted octanol–water partition coefficient (Wildman–Crippen LogP) is 14.4. The average Bonchev–Trinajstić information content (AvgIpc) is 3.41. The lowest BCUT2D eigenvalue weighted by Gasteiger charge is -2.40. The number of ether oxygens (including phenoxy) is 3. The van der Waals surface area contributed by atoms with Gasteiger partial charge in [0, 0.05) is 12.8 Å². The molecule has 0 radical (unpaired) electrons. The molecule has 11 heteroatoms. The summed E-state index contributed by atoms with van der Waals surface area (Å²) < 4.78 is 16.6. The molecule has 0 saturated carbocycles. The van der Waals surface area contributed by atoms with Crippen LogP contribution in [0.2, 0.25) is 0 Å². The molecule has 1 aliphatic heterocycles. The third-order valence-corrected chi connectivity index (χ3v) is 14.0. The summed E-state index contributed by atoms with van der Waals surface area (Å²) in [7, 11) is 0. The molecule has 75 heavy (non-hydrogen) atoms. The number of aliphatic hydroxyl groups excluding tert-OH is 5. The standard InChI is InChI=1S/C64H113NO10/c1-3-5-7-9-11-13-14-15-16-17-19-23-26-29-32-36-40-44-48-52-60(69)73-53-49-45-41-37-33-30-27-24-21-18-20-22-25-28-31-35-39-43-47-51-59(68)65-56(57(67)50-46-42-38-34-12-10-8-6-4-2)55-74-64-63(72)62(71)61(70)58(54-66)75-64/h11-13,15-16,24,27,30,33-34,46,50,56-58,61-64,66-67,70-72H,3-10,14,17-23,25-26,28-29,31-32,35-45,47-49,51-55H2,1-2H3,(H,65,68)/b13-11-,16-15-,27-24-,33-30-,34-12+,50-46+. The summed E-state index contributed by atoms with van der Waals surface area (Å²) in [6.07, 6.45) is 60.2. The summed E-state index contributed by atoms with van der Waals surface area (Å²) >= 11 is 0. The van der Waals surface area contributed by atoms with Crippen LogP contribution in [-0.2, 0) is 23.8 Å². The van der Waals surface area contributed by atoms with E-state index in [1.54, 1.807) is 6.08 Å². The molecule has 6 N–H and O–H groups in total. The highest BCUT2D eigenvalue weighted by Crippen LogP contribution is 2.23. The second-order valence-electron chi connectivity index (χ2n) is 21.1. The molecule has 0 aromatic rings. The van der Waals surface area contributed by atoms with E-state index >= 15 is 0 Å². The number of hydrogen-bond donors (Lipinski definition) is 6. The van der Waals surface area contributed by atoms with Gasteiger partial charge < -0.3 is 45.1 Å². The van der Waals surface area contributed by atoms with Gasteiger partial charge in [-0.15, -0.1) is 0 Å². The molecule has 0 bridgehead atoms. The van der Waals surface area contributed by atoms with Crippen molar-refractivity contribution in [1.29, 1.82) is 0 Å². The smallest absolute Gasteiger partial charge is 0.305 e. The first-order valence-electron chi connectivity index (χ1n) is 30.7. The Morgan fingerprint density at radius 3 is 1.48 bits per heavy atom. The Bertz CT molecular complexity index is 1470. The summed E-state index contributed by atoms with van der Waals surface area (Å²) in [6.45, 7) is 4.19. The third kappa shape index (κ3) is 42.8. The summed E-state index contributed by atoms with van der Waals surface area (Å²) in [5.74, 6) is -0.240. The van der Waals surface area contributed by atoms with Crippen LogP contribution in [0.3, 0.4) is 0 Å². The fourth-order valence-corrected chi connectivity index (χ4v) is 9.12. The average molecular weight is 1060 g/mol. The predicted molar refractivity (Wildman–Crippen MR) is 310 cm³/mol. The van der Waals surface area contributed by atoms with Crippen LogP contribution in [0.25, 0.3) is 0 Å². The van der Waals surface area contributed by atoms with Crippen LogP contribution in [0.1, 0.15) is 258 Å². The third-order valence-electron chi connectivity index (χ3n) is 14.0. The van der Waals surface area contributed by atoms with Crippen LogP contribution < -0.4 is 5.32 Å². The van der Waals surface area contributed by atoms with Crippen LogP contribution in [0.4, 0.5) is 0 Å². The topological polar surface area (TPSA) is 175 Å². The number of nitrogens with one attached hydrogen (secondary N) is 1. The molecule has 1 fully saturated rings. The molecule has 1 saturated heterocycles.